The van der Waals surface area contributed by atoms with Gasteiger partial charge < -0.3 is 15.3 Å². The molecule has 1 amide bonds. The molecule has 35 heavy (non-hydrogen) atoms. The average Bonchev–Trinajstić information content (AvgIpc) is 3.47. The second kappa shape index (κ2) is 8.85. The Morgan fingerprint density at radius 3 is 2.26 bits per heavy atom. The van der Waals surface area contributed by atoms with E-state index < -0.39 is 5.54 Å². The van der Waals surface area contributed by atoms with E-state index in [9.17, 15) is 4.79 Å². The Labute approximate surface area is 207 Å². The van der Waals surface area contributed by atoms with Crippen LogP contribution in [0.4, 0.5) is 0 Å². The maximum absolute atomic E-state index is 13.9. The molecular formula is C30H36N4O. The van der Waals surface area contributed by atoms with Crippen molar-refractivity contribution in [2.75, 3.05) is 0 Å². The Morgan fingerprint density at radius 2 is 1.60 bits per heavy atom. The smallest absolute Gasteiger partial charge is 0.244 e. The third kappa shape index (κ3) is 3.59. The molecule has 2 aromatic carbocycles. The largest absolute Gasteiger partial charge is 0.368 e. The number of aromatic amines is 1. The van der Waals surface area contributed by atoms with Gasteiger partial charge in [0, 0.05) is 10.9 Å². The van der Waals surface area contributed by atoms with E-state index >= 15 is 0 Å². The van der Waals surface area contributed by atoms with Crippen molar-refractivity contribution < 1.29 is 4.79 Å². The fraction of sp³-hybridized carbons (Fsp3) is 0.467. The van der Waals surface area contributed by atoms with E-state index in [0.717, 1.165) is 53.8 Å². The van der Waals surface area contributed by atoms with Crippen molar-refractivity contribution in [3.8, 4) is 11.5 Å². The summed E-state index contributed by atoms with van der Waals surface area (Å²) >= 11 is 0. The summed E-state index contributed by atoms with van der Waals surface area (Å²) in [4.78, 5) is 22.7. The number of aromatic nitrogens is 3. The number of imidazole rings is 1. The van der Waals surface area contributed by atoms with Crippen LogP contribution in [0, 0.1) is 18.8 Å². The lowest BCUT2D eigenvalue weighted by atomic mass is 9.63. The molecule has 2 aliphatic carbocycles. The lowest BCUT2D eigenvalue weighted by Gasteiger charge is -2.48. The topological polar surface area (TPSA) is 76.7 Å². The summed E-state index contributed by atoms with van der Waals surface area (Å²) < 4.78 is 2.30. The summed E-state index contributed by atoms with van der Waals surface area (Å²) in [6, 6.07) is 16.9. The third-order valence-corrected chi connectivity index (χ3v) is 8.80. The van der Waals surface area contributed by atoms with Crippen molar-refractivity contribution in [3.63, 3.8) is 0 Å². The number of carbonyl (C=O) groups is 1. The van der Waals surface area contributed by atoms with Crippen molar-refractivity contribution in [1.82, 2.24) is 14.5 Å². The monoisotopic (exact) mass is 468 g/mol. The molecule has 0 unspecified atom stereocenters. The zero-order valence-electron chi connectivity index (χ0n) is 20.7. The highest BCUT2D eigenvalue weighted by molar-refractivity contribution is 5.91. The van der Waals surface area contributed by atoms with Gasteiger partial charge in [-0.1, -0.05) is 62.3 Å². The molecule has 2 aliphatic rings. The number of nitrogens with two attached hydrogens (primary N) is 1. The minimum atomic E-state index is -0.764. The number of hydrogen-bond acceptors (Lipinski definition) is 2. The second-order valence-corrected chi connectivity index (χ2v) is 10.9. The van der Waals surface area contributed by atoms with Crippen molar-refractivity contribution in [3.05, 3.63) is 54.1 Å². The molecule has 5 heteroatoms. The molecule has 2 saturated carbocycles. The van der Waals surface area contributed by atoms with Crippen LogP contribution in [0.25, 0.3) is 33.5 Å². The average molecular weight is 469 g/mol. The summed E-state index contributed by atoms with van der Waals surface area (Å²) in [5.41, 5.74) is 11.0. The molecule has 0 radical (unpaired) electrons. The van der Waals surface area contributed by atoms with Gasteiger partial charge in [0.25, 0.3) is 0 Å². The number of H-pyrrole nitrogens is 1. The molecule has 2 fully saturated rings. The zero-order valence-corrected chi connectivity index (χ0v) is 20.7. The quantitative estimate of drug-likeness (QED) is 0.337. The van der Waals surface area contributed by atoms with Gasteiger partial charge >= 0.3 is 0 Å². The first-order valence-corrected chi connectivity index (χ1v) is 13.5. The predicted octanol–water partition coefficient (Wildman–Crippen LogP) is 6.83. The number of nitrogens with one attached hydrogen (secondary N) is 1. The van der Waals surface area contributed by atoms with E-state index in [1.54, 1.807) is 0 Å². The Bertz CT molecular complexity index is 1350. The van der Waals surface area contributed by atoms with Crippen LogP contribution in [-0.4, -0.2) is 20.4 Å². The van der Waals surface area contributed by atoms with Crippen LogP contribution in [-0.2, 0) is 10.3 Å². The maximum atomic E-state index is 13.9. The number of hydrogen-bond donors (Lipinski definition) is 2. The van der Waals surface area contributed by atoms with Gasteiger partial charge in [-0.05, 0) is 74.8 Å². The van der Waals surface area contributed by atoms with Gasteiger partial charge in [-0.2, -0.15) is 0 Å². The third-order valence-electron chi connectivity index (χ3n) is 8.80. The van der Waals surface area contributed by atoms with Gasteiger partial charge in [-0.3, -0.25) is 4.79 Å². The minimum absolute atomic E-state index is 0.173. The highest BCUT2D eigenvalue weighted by atomic mass is 16.1. The second-order valence-electron chi connectivity index (χ2n) is 10.9. The number of fused-ring (bicyclic) bond motifs is 2. The molecule has 0 spiro atoms. The van der Waals surface area contributed by atoms with E-state index in [4.69, 9.17) is 10.7 Å². The summed E-state index contributed by atoms with van der Waals surface area (Å²) in [5, 5.41) is 1.17. The number of primary amides is 1. The number of nitrogens with zero attached hydrogens (tertiary/aromatic N) is 2. The summed E-state index contributed by atoms with van der Waals surface area (Å²) in [7, 11) is 0. The van der Waals surface area contributed by atoms with Gasteiger partial charge in [0.05, 0.1) is 16.7 Å². The van der Waals surface area contributed by atoms with Crippen molar-refractivity contribution >= 4 is 27.8 Å². The lowest BCUT2D eigenvalue weighted by Crippen LogP contribution is -2.58. The highest BCUT2D eigenvalue weighted by Gasteiger charge is 2.53. The first-order valence-electron chi connectivity index (χ1n) is 13.5. The molecule has 2 heterocycles. The van der Waals surface area contributed by atoms with Gasteiger partial charge in [0.1, 0.15) is 5.54 Å². The molecule has 0 bridgehead atoms. The maximum Gasteiger partial charge on any atom is 0.244 e. The Morgan fingerprint density at radius 1 is 0.943 bits per heavy atom. The molecule has 182 valence electrons. The van der Waals surface area contributed by atoms with Crippen LogP contribution in [0.15, 0.2) is 48.5 Å². The summed E-state index contributed by atoms with van der Waals surface area (Å²) in [5.74, 6) is 1.14. The molecule has 2 aromatic heterocycles. The first kappa shape index (κ1) is 22.4. The van der Waals surface area contributed by atoms with Crippen molar-refractivity contribution in [2.45, 2.75) is 76.7 Å². The standard InChI is InChI=1S/C30H36N4O/c1-20-16-17-24-21(18-20)19-26(32-24)28-33-25-14-8-9-15-27(25)34(28)30(29(31)35,22-10-4-2-5-11-22)23-12-6-3-7-13-23/h8-9,14-19,22-23,32H,2-7,10-13H2,1H3,(H2,31,35). The van der Waals surface area contributed by atoms with Crippen LogP contribution in [0.3, 0.4) is 0 Å². The SMILES string of the molecule is Cc1ccc2[nH]c(-c3nc4ccccc4n3C(C(N)=O)(C3CCCCC3)C3CCCCC3)cc2c1. The van der Waals surface area contributed by atoms with E-state index in [2.05, 4.69) is 58.9 Å². The summed E-state index contributed by atoms with van der Waals surface area (Å²) in [6.07, 6.45) is 11.4. The van der Waals surface area contributed by atoms with E-state index in [-0.39, 0.29) is 17.7 Å². The van der Waals surface area contributed by atoms with Gasteiger partial charge in [0.15, 0.2) is 5.82 Å². The Balaban J connectivity index is 1.66. The normalized spacial score (nSPS) is 18.4. The number of carbonyl (C=O) groups excluding carboxylic acids is 1. The number of aryl methyl sites for hydroxylation is 1. The van der Waals surface area contributed by atoms with Gasteiger partial charge in [-0.15, -0.1) is 0 Å². The number of para-hydroxylation sites is 2. The predicted molar refractivity (Wildman–Crippen MR) is 142 cm³/mol. The fourth-order valence-electron chi connectivity index (χ4n) is 7.25. The zero-order chi connectivity index (χ0) is 24.0. The number of benzene rings is 2. The van der Waals surface area contributed by atoms with Crippen LogP contribution < -0.4 is 5.73 Å². The molecular weight excluding hydrogens is 432 g/mol. The van der Waals surface area contributed by atoms with Gasteiger partial charge in [-0.25, -0.2) is 4.98 Å². The molecule has 0 aliphatic heterocycles. The Kier molecular flexibility index (Phi) is 5.66. The highest BCUT2D eigenvalue weighted by Crippen LogP contribution is 2.50. The van der Waals surface area contributed by atoms with Crippen LogP contribution in [0.2, 0.25) is 0 Å². The fourth-order valence-corrected chi connectivity index (χ4v) is 7.25. The van der Waals surface area contributed by atoms with E-state index in [1.165, 1.54) is 49.5 Å². The lowest BCUT2D eigenvalue weighted by molar-refractivity contribution is -0.135. The molecule has 3 N–H and O–H groups in total. The molecule has 6 rings (SSSR count). The summed E-state index contributed by atoms with van der Waals surface area (Å²) in [6.45, 7) is 2.12. The molecule has 0 atom stereocenters. The van der Waals surface area contributed by atoms with E-state index in [0.29, 0.717) is 0 Å². The number of rotatable bonds is 5. The van der Waals surface area contributed by atoms with Gasteiger partial charge in [0.2, 0.25) is 5.91 Å². The first-order chi connectivity index (χ1) is 17.1. The van der Waals surface area contributed by atoms with Crippen LogP contribution >= 0.6 is 0 Å². The van der Waals surface area contributed by atoms with E-state index in [1.807, 2.05) is 6.07 Å². The molecule has 0 saturated heterocycles. The van der Waals surface area contributed by atoms with Crippen molar-refractivity contribution in [1.29, 1.82) is 0 Å². The van der Waals surface area contributed by atoms with Crippen LogP contribution in [0.1, 0.15) is 69.8 Å². The minimum Gasteiger partial charge on any atom is -0.368 e. The Hall–Kier alpha value is -3.08. The molecule has 5 nitrogen and oxygen atoms in total. The van der Waals surface area contributed by atoms with Crippen LogP contribution in [0.5, 0.6) is 0 Å². The molecule has 4 aromatic rings. The van der Waals surface area contributed by atoms with Crippen molar-refractivity contribution in [2.24, 2.45) is 17.6 Å². The number of amides is 1.